The SMILES string of the molecule is CC(C)(C)Cc1ccc([S+]2CCOCC2)cc1. The normalized spacial score (nSPS) is 18.3. The van der Waals surface area contributed by atoms with Crippen LogP contribution >= 0.6 is 0 Å². The van der Waals surface area contributed by atoms with E-state index in [0.29, 0.717) is 16.3 Å². The monoisotopic (exact) mass is 251 g/mol. The maximum absolute atomic E-state index is 5.42. The molecular formula is C15H23OS+. The molecule has 17 heavy (non-hydrogen) atoms. The van der Waals surface area contributed by atoms with Crippen molar-refractivity contribution >= 4 is 10.9 Å². The van der Waals surface area contributed by atoms with E-state index < -0.39 is 0 Å². The molecule has 1 heterocycles. The minimum absolute atomic E-state index is 0.377. The number of hydrogen-bond acceptors (Lipinski definition) is 1. The van der Waals surface area contributed by atoms with E-state index >= 15 is 0 Å². The standard InChI is InChI=1S/C15H23OS/c1-15(2,3)12-13-4-6-14(7-5-13)17-10-8-16-9-11-17/h4-7H,8-12H2,1-3H3/q+1. The molecule has 0 amide bonds. The van der Waals surface area contributed by atoms with E-state index in [4.69, 9.17) is 4.74 Å². The zero-order valence-corrected chi connectivity index (χ0v) is 12.0. The van der Waals surface area contributed by atoms with Crippen LogP contribution in [0.3, 0.4) is 0 Å². The van der Waals surface area contributed by atoms with E-state index in [-0.39, 0.29) is 0 Å². The van der Waals surface area contributed by atoms with Crippen LogP contribution in [0.4, 0.5) is 0 Å². The van der Waals surface area contributed by atoms with Crippen LogP contribution in [0.15, 0.2) is 29.2 Å². The summed E-state index contributed by atoms with van der Waals surface area (Å²) in [6, 6.07) is 9.27. The summed E-state index contributed by atoms with van der Waals surface area (Å²) in [6.45, 7) is 8.75. The molecule has 0 bridgehead atoms. The number of rotatable bonds is 2. The van der Waals surface area contributed by atoms with Gasteiger partial charge < -0.3 is 4.74 Å². The quantitative estimate of drug-likeness (QED) is 0.733. The fourth-order valence-electron chi connectivity index (χ4n) is 2.17. The molecule has 1 aromatic carbocycles. The summed E-state index contributed by atoms with van der Waals surface area (Å²) in [6.07, 6.45) is 1.16. The molecule has 0 aromatic heterocycles. The Bertz CT molecular complexity index is 344. The van der Waals surface area contributed by atoms with E-state index in [1.54, 1.807) is 0 Å². The summed E-state index contributed by atoms with van der Waals surface area (Å²) in [7, 11) is 0.436. The molecule has 2 rings (SSSR count). The third kappa shape index (κ3) is 4.04. The number of benzene rings is 1. The Hall–Kier alpha value is -0.470. The van der Waals surface area contributed by atoms with E-state index in [1.165, 1.54) is 22.0 Å². The van der Waals surface area contributed by atoms with E-state index in [2.05, 4.69) is 45.0 Å². The third-order valence-corrected chi connectivity index (χ3v) is 5.20. The van der Waals surface area contributed by atoms with Crippen molar-refractivity contribution in [3.63, 3.8) is 0 Å². The van der Waals surface area contributed by atoms with Crippen LogP contribution in [0.5, 0.6) is 0 Å². The molecule has 0 spiro atoms. The van der Waals surface area contributed by atoms with Gasteiger partial charge in [0.2, 0.25) is 0 Å². The van der Waals surface area contributed by atoms with Crippen molar-refractivity contribution < 1.29 is 4.74 Å². The van der Waals surface area contributed by atoms with Gasteiger partial charge in [0, 0.05) is 10.9 Å². The Morgan fingerprint density at radius 1 is 1.06 bits per heavy atom. The summed E-state index contributed by atoms with van der Waals surface area (Å²) < 4.78 is 5.42. The van der Waals surface area contributed by atoms with E-state index in [0.717, 1.165) is 19.6 Å². The molecule has 0 radical (unpaired) electrons. The molecule has 0 saturated carbocycles. The highest BCUT2D eigenvalue weighted by Crippen LogP contribution is 2.23. The molecular weight excluding hydrogens is 228 g/mol. The highest BCUT2D eigenvalue weighted by molar-refractivity contribution is 7.97. The fourth-order valence-corrected chi connectivity index (χ4v) is 4.01. The van der Waals surface area contributed by atoms with Crippen LogP contribution in [0.1, 0.15) is 26.3 Å². The molecule has 1 nitrogen and oxygen atoms in total. The molecule has 1 aromatic rings. The Morgan fingerprint density at radius 2 is 1.65 bits per heavy atom. The van der Waals surface area contributed by atoms with Crippen molar-refractivity contribution in [2.75, 3.05) is 24.7 Å². The fraction of sp³-hybridized carbons (Fsp3) is 0.600. The van der Waals surface area contributed by atoms with Crippen LogP contribution in [0.25, 0.3) is 0 Å². The predicted octanol–water partition coefficient (Wildman–Crippen LogP) is 3.28. The zero-order chi connectivity index (χ0) is 12.3. The number of hydrogen-bond donors (Lipinski definition) is 0. The van der Waals surface area contributed by atoms with Gasteiger partial charge in [0.15, 0.2) is 4.90 Å². The van der Waals surface area contributed by atoms with Gasteiger partial charge >= 0.3 is 0 Å². The van der Waals surface area contributed by atoms with Gasteiger partial charge in [0.1, 0.15) is 11.5 Å². The smallest absolute Gasteiger partial charge is 0.155 e. The zero-order valence-electron chi connectivity index (χ0n) is 11.2. The van der Waals surface area contributed by atoms with Crippen molar-refractivity contribution in [3.05, 3.63) is 29.8 Å². The van der Waals surface area contributed by atoms with Gasteiger partial charge in [-0.2, -0.15) is 0 Å². The topological polar surface area (TPSA) is 9.23 Å². The predicted molar refractivity (Wildman–Crippen MR) is 75.8 cm³/mol. The summed E-state index contributed by atoms with van der Waals surface area (Å²) >= 11 is 0. The summed E-state index contributed by atoms with van der Waals surface area (Å²) in [5.74, 6) is 2.41. The lowest BCUT2D eigenvalue weighted by Gasteiger charge is -2.18. The molecule has 0 aliphatic carbocycles. The van der Waals surface area contributed by atoms with Gasteiger partial charge in [0.05, 0.1) is 13.2 Å². The molecule has 94 valence electrons. The van der Waals surface area contributed by atoms with Gasteiger partial charge in [-0.1, -0.05) is 32.9 Å². The highest BCUT2D eigenvalue weighted by atomic mass is 32.2. The first-order valence-corrected chi connectivity index (χ1v) is 7.95. The first-order chi connectivity index (χ1) is 8.04. The number of ether oxygens (including phenoxy) is 1. The Kier molecular flexibility index (Phi) is 4.16. The lowest BCUT2D eigenvalue weighted by molar-refractivity contribution is 0.159. The Balaban J connectivity index is 2.02. The van der Waals surface area contributed by atoms with Crippen molar-refractivity contribution in [2.45, 2.75) is 32.1 Å². The van der Waals surface area contributed by atoms with Crippen molar-refractivity contribution in [2.24, 2.45) is 5.41 Å². The minimum Gasteiger partial charge on any atom is -0.372 e. The maximum atomic E-state index is 5.42. The summed E-state index contributed by atoms with van der Waals surface area (Å²) in [5.41, 5.74) is 1.83. The van der Waals surface area contributed by atoms with Gasteiger partial charge in [-0.3, -0.25) is 0 Å². The molecule has 0 unspecified atom stereocenters. The lowest BCUT2D eigenvalue weighted by atomic mass is 9.88. The van der Waals surface area contributed by atoms with Crippen LogP contribution in [-0.4, -0.2) is 24.7 Å². The molecule has 0 N–H and O–H groups in total. The van der Waals surface area contributed by atoms with Crippen LogP contribution in [0.2, 0.25) is 0 Å². The van der Waals surface area contributed by atoms with Crippen LogP contribution in [-0.2, 0) is 22.1 Å². The molecule has 1 fully saturated rings. The highest BCUT2D eigenvalue weighted by Gasteiger charge is 2.25. The second-order valence-corrected chi connectivity index (χ2v) is 8.17. The van der Waals surface area contributed by atoms with Gasteiger partial charge in [-0.25, -0.2) is 0 Å². The lowest BCUT2D eigenvalue weighted by Crippen LogP contribution is -2.26. The first kappa shape index (κ1) is 13.0. The molecule has 1 aliphatic heterocycles. The van der Waals surface area contributed by atoms with E-state index in [9.17, 15) is 0 Å². The van der Waals surface area contributed by atoms with Crippen LogP contribution < -0.4 is 0 Å². The van der Waals surface area contributed by atoms with Gasteiger partial charge in [0.25, 0.3) is 0 Å². The Labute approximate surface area is 108 Å². The third-order valence-electron chi connectivity index (χ3n) is 2.94. The minimum atomic E-state index is 0.377. The second kappa shape index (κ2) is 5.45. The maximum Gasteiger partial charge on any atom is 0.155 e. The van der Waals surface area contributed by atoms with E-state index in [1.807, 2.05) is 0 Å². The molecule has 1 aliphatic rings. The molecule has 2 heteroatoms. The van der Waals surface area contributed by atoms with Crippen molar-refractivity contribution in [3.8, 4) is 0 Å². The van der Waals surface area contributed by atoms with Gasteiger partial charge in [-0.05, 0) is 29.5 Å². The van der Waals surface area contributed by atoms with Crippen molar-refractivity contribution in [1.82, 2.24) is 0 Å². The summed E-state index contributed by atoms with van der Waals surface area (Å²) in [4.78, 5) is 1.52. The molecule has 0 atom stereocenters. The first-order valence-electron chi connectivity index (χ1n) is 6.39. The largest absolute Gasteiger partial charge is 0.372 e. The van der Waals surface area contributed by atoms with Gasteiger partial charge in [-0.15, -0.1) is 0 Å². The average molecular weight is 251 g/mol. The molecule has 1 saturated heterocycles. The summed E-state index contributed by atoms with van der Waals surface area (Å²) in [5, 5.41) is 0. The second-order valence-electron chi connectivity index (χ2n) is 5.89. The van der Waals surface area contributed by atoms with Crippen LogP contribution in [0, 0.1) is 5.41 Å². The van der Waals surface area contributed by atoms with Crippen molar-refractivity contribution in [1.29, 1.82) is 0 Å². The average Bonchev–Trinajstić information content (AvgIpc) is 2.29. The Morgan fingerprint density at radius 3 is 2.18 bits per heavy atom.